The van der Waals surface area contributed by atoms with Crippen LogP contribution in [-0.4, -0.2) is 20.9 Å². The molecular formula is C14H8BrClN4O. The number of carbonyl (C=O) groups is 1. The Hall–Kier alpha value is -2.05. The van der Waals surface area contributed by atoms with Crippen LogP contribution in [0.25, 0.3) is 10.9 Å². The molecule has 0 saturated heterocycles. The minimum Gasteiger partial charge on any atom is -0.319 e. The van der Waals surface area contributed by atoms with E-state index in [1.807, 2.05) is 18.2 Å². The normalized spacial score (nSPS) is 10.6. The highest BCUT2D eigenvalue weighted by molar-refractivity contribution is 9.10. The third-order valence-corrected chi connectivity index (χ3v) is 3.42. The molecule has 1 aromatic carbocycles. The molecule has 0 fully saturated rings. The van der Waals surface area contributed by atoms with Gasteiger partial charge in [0.25, 0.3) is 5.91 Å². The van der Waals surface area contributed by atoms with Gasteiger partial charge in [-0.15, -0.1) is 0 Å². The molecule has 104 valence electrons. The number of pyridine rings is 1. The monoisotopic (exact) mass is 362 g/mol. The van der Waals surface area contributed by atoms with Crippen LogP contribution in [0.1, 0.15) is 10.5 Å². The van der Waals surface area contributed by atoms with Crippen molar-refractivity contribution in [2.24, 2.45) is 0 Å². The molecule has 1 amide bonds. The summed E-state index contributed by atoms with van der Waals surface area (Å²) in [5.74, 6) is -0.371. The van der Waals surface area contributed by atoms with E-state index in [4.69, 9.17) is 11.6 Å². The van der Waals surface area contributed by atoms with E-state index < -0.39 is 0 Å². The van der Waals surface area contributed by atoms with Gasteiger partial charge in [0.15, 0.2) is 0 Å². The van der Waals surface area contributed by atoms with Gasteiger partial charge in [0.2, 0.25) is 0 Å². The van der Waals surface area contributed by atoms with Crippen molar-refractivity contribution >= 4 is 50.0 Å². The van der Waals surface area contributed by atoms with Crippen molar-refractivity contribution in [3.05, 3.63) is 58.2 Å². The first-order chi connectivity index (χ1) is 10.1. The Bertz CT molecular complexity index is 823. The first-order valence-corrected chi connectivity index (χ1v) is 7.14. The molecule has 0 unspecified atom stereocenters. The lowest BCUT2D eigenvalue weighted by Crippen LogP contribution is -2.14. The van der Waals surface area contributed by atoms with Gasteiger partial charge in [0, 0.05) is 16.1 Å². The van der Waals surface area contributed by atoms with Crippen molar-refractivity contribution in [2.75, 3.05) is 5.32 Å². The van der Waals surface area contributed by atoms with Crippen LogP contribution in [0.15, 0.2) is 47.3 Å². The van der Waals surface area contributed by atoms with E-state index in [-0.39, 0.29) is 16.8 Å². The van der Waals surface area contributed by atoms with Crippen LogP contribution in [0.5, 0.6) is 0 Å². The second-order valence-corrected chi connectivity index (χ2v) is 5.51. The molecule has 7 heteroatoms. The van der Waals surface area contributed by atoms with Crippen LogP contribution in [-0.2, 0) is 0 Å². The van der Waals surface area contributed by atoms with Gasteiger partial charge >= 0.3 is 0 Å². The molecular weight excluding hydrogens is 356 g/mol. The Balaban J connectivity index is 1.98. The molecule has 0 atom stereocenters. The van der Waals surface area contributed by atoms with E-state index in [0.29, 0.717) is 11.2 Å². The largest absolute Gasteiger partial charge is 0.319 e. The predicted octanol–water partition coefficient (Wildman–Crippen LogP) is 3.69. The number of rotatable bonds is 2. The van der Waals surface area contributed by atoms with Gasteiger partial charge in [-0.3, -0.25) is 9.78 Å². The van der Waals surface area contributed by atoms with Crippen molar-refractivity contribution < 1.29 is 4.79 Å². The van der Waals surface area contributed by atoms with Crippen molar-refractivity contribution in [1.82, 2.24) is 15.0 Å². The zero-order valence-corrected chi connectivity index (χ0v) is 12.9. The predicted molar refractivity (Wildman–Crippen MR) is 84.4 cm³/mol. The number of hydrogen-bond acceptors (Lipinski definition) is 4. The molecule has 0 bridgehead atoms. The van der Waals surface area contributed by atoms with Gasteiger partial charge < -0.3 is 5.32 Å². The molecule has 0 aliphatic carbocycles. The minimum atomic E-state index is -0.371. The SMILES string of the molecule is O=C(Nc1cc(Br)cc2cccnc12)c1cnc(Cl)cn1. The van der Waals surface area contributed by atoms with E-state index in [2.05, 4.69) is 36.2 Å². The molecule has 3 rings (SSSR count). The molecule has 0 aliphatic heterocycles. The summed E-state index contributed by atoms with van der Waals surface area (Å²) < 4.78 is 0.848. The van der Waals surface area contributed by atoms with Crippen molar-refractivity contribution in [3.8, 4) is 0 Å². The van der Waals surface area contributed by atoms with Gasteiger partial charge in [-0.1, -0.05) is 33.6 Å². The Morgan fingerprint density at radius 1 is 1.19 bits per heavy atom. The van der Waals surface area contributed by atoms with Crippen LogP contribution in [0.3, 0.4) is 0 Å². The standard InChI is InChI=1S/C14H8BrClN4O/c15-9-4-8-2-1-3-17-13(8)10(5-9)20-14(21)11-6-19-12(16)7-18-11/h1-7H,(H,20,21). The maximum absolute atomic E-state index is 12.2. The number of nitrogens with zero attached hydrogens (tertiary/aromatic N) is 3. The topological polar surface area (TPSA) is 67.8 Å². The van der Waals surface area contributed by atoms with Crippen LogP contribution < -0.4 is 5.32 Å². The van der Waals surface area contributed by atoms with Gasteiger partial charge in [0.1, 0.15) is 10.8 Å². The van der Waals surface area contributed by atoms with Gasteiger partial charge in [-0.2, -0.15) is 0 Å². The van der Waals surface area contributed by atoms with Crippen LogP contribution in [0.4, 0.5) is 5.69 Å². The van der Waals surface area contributed by atoms with E-state index in [1.54, 1.807) is 12.3 Å². The number of carbonyl (C=O) groups excluding carboxylic acids is 1. The number of anilines is 1. The average molecular weight is 364 g/mol. The van der Waals surface area contributed by atoms with E-state index in [0.717, 1.165) is 9.86 Å². The number of halogens is 2. The summed E-state index contributed by atoms with van der Waals surface area (Å²) in [6, 6.07) is 7.48. The highest BCUT2D eigenvalue weighted by Crippen LogP contribution is 2.26. The summed E-state index contributed by atoms with van der Waals surface area (Å²) in [6.45, 7) is 0. The van der Waals surface area contributed by atoms with Crippen molar-refractivity contribution in [2.45, 2.75) is 0 Å². The Kier molecular flexibility index (Phi) is 3.81. The quantitative estimate of drug-likeness (QED) is 0.754. The number of aromatic nitrogens is 3. The lowest BCUT2D eigenvalue weighted by atomic mass is 10.2. The molecule has 2 aromatic heterocycles. The first kappa shape index (κ1) is 13.9. The molecule has 0 saturated carbocycles. The lowest BCUT2D eigenvalue weighted by Gasteiger charge is -2.08. The van der Waals surface area contributed by atoms with E-state index >= 15 is 0 Å². The summed E-state index contributed by atoms with van der Waals surface area (Å²) in [5.41, 5.74) is 1.49. The summed E-state index contributed by atoms with van der Waals surface area (Å²) in [6.07, 6.45) is 4.33. The zero-order valence-electron chi connectivity index (χ0n) is 10.5. The fraction of sp³-hybridized carbons (Fsp3) is 0. The van der Waals surface area contributed by atoms with E-state index in [1.165, 1.54) is 12.4 Å². The molecule has 21 heavy (non-hydrogen) atoms. The molecule has 0 spiro atoms. The summed E-state index contributed by atoms with van der Waals surface area (Å²) in [5, 5.41) is 3.94. The summed E-state index contributed by atoms with van der Waals surface area (Å²) in [7, 11) is 0. The smallest absolute Gasteiger partial charge is 0.275 e. The summed E-state index contributed by atoms with van der Waals surface area (Å²) in [4.78, 5) is 24.2. The maximum atomic E-state index is 12.2. The van der Waals surface area contributed by atoms with Crippen molar-refractivity contribution in [1.29, 1.82) is 0 Å². The average Bonchev–Trinajstić information content (AvgIpc) is 2.47. The number of nitrogens with one attached hydrogen (secondary N) is 1. The number of amides is 1. The summed E-state index contributed by atoms with van der Waals surface area (Å²) >= 11 is 9.07. The minimum absolute atomic E-state index is 0.184. The molecule has 2 heterocycles. The van der Waals surface area contributed by atoms with Crippen molar-refractivity contribution in [3.63, 3.8) is 0 Å². The number of fused-ring (bicyclic) bond motifs is 1. The molecule has 5 nitrogen and oxygen atoms in total. The third kappa shape index (κ3) is 3.01. The number of hydrogen-bond donors (Lipinski definition) is 1. The number of benzene rings is 1. The van der Waals surface area contributed by atoms with Crippen LogP contribution in [0.2, 0.25) is 5.15 Å². The molecule has 3 aromatic rings. The Morgan fingerprint density at radius 2 is 2.05 bits per heavy atom. The second kappa shape index (κ2) is 5.75. The maximum Gasteiger partial charge on any atom is 0.275 e. The fourth-order valence-corrected chi connectivity index (χ4v) is 2.44. The second-order valence-electron chi connectivity index (χ2n) is 4.21. The molecule has 0 radical (unpaired) electrons. The van der Waals surface area contributed by atoms with Gasteiger partial charge in [-0.25, -0.2) is 9.97 Å². The Labute approximate surface area is 133 Å². The first-order valence-electron chi connectivity index (χ1n) is 5.96. The highest BCUT2D eigenvalue weighted by Gasteiger charge is 2.11. The zero-order chi connectivity index (χ0) is 14.8. The van der Waals surface area contributed by atoms with Crippen LogP contribution >= 0.6 is 27.5 Å². The van der Waals surface area contributed by atoms with Gasteiger partial charge in [-0.05, 0) is 18.2 Å². The molecule has 0 aliphatic rings. The Morgan fingerprint density at radius 3 is 2.81 bits per heavy atom. The lowest BCUT2D eigenvalue weighted by molar-refractivity contribution is 0.102. The van der Waals surface area contributed by atoms with Crippen LogP contribution in [0, 0.1) is 0 Å². The van der Waals surface area contributed by atoms with Gasteiger partial charge in [0.05, 0.1) is 23.6 Å². The highest BCUT2D eigenvalue weighted by atomic mass is 79.9. The third-order valence-electron chi connectivity index (χ3n) is 2.77. The van der Waals surface area contributed by atoms with E-state index in [9.17, 15) is 4.79 Å². The fourth-order valence-electron chi connectivity index (χ4n) is 1.87. The molecule has 1 N–H and O–H groups in total.